The van der Waals surface area contributed by atoms with E-state index in [1.54, 1.807) is 6.92 Å². The maximum absolute atomic E-state index is 11.3. The number of nitrogens with zero attached hydrogens (tertiary/aromatic N) is 2. The first-order chi connectivity index (χ1) is 9.61. The molecule has 0 unspecified atom stereocenters. The van der Waals surface area contributed by atoms with Gasteiger partial charge in [-0.05, 0) is 24.2 Å². The summed E-state index contributed by atoms with van der Waals surface area (Å²) in [4.78, 5) is 15.5. The van der Waals surface area contributed by atoms with Crippen LogP contribution in [0.1, 0.15) is 19.4 Å². The number of amides is 1. The lowest BCUT2D eigenvalue weighted by molar-refractivity contribution is -0.129. The second-order valence-electron chi connectivity index (χ2n) is 5.05. The highest BCUT2D eigenvalue weighted by Crippen LogP contribution is 2.24. The molecule has 1 aromatic carbocycles. The molecule has 1 amide bonds. The average Bonchev–Trinajstić information content (AvgIpc) is 2.46. The molecule has 2 rings (SSSR count). The van der Waals surface area contributed by atoms with Crippen molar-refractivity contribution >= 4 is 23.2 Å². The molecule has 5 heteroatoms. The van der Waals surface area contributed by atoms with Gasteiger partial charge in [0.2, 0.25) is 5.91 Å². The monoisotopic (exact) mass is 295 g/mol. The van der Waals surface area contributed by atoms with Gasteiger partial charge in [0, 0.05) is 50.4 Å². The van der Waals surface area contributed by atoms with Crippen LogP contribution in [0.5, 0.6) is 0 Å². The third kappa shape index (κ3) is 3.64. The van der Waals surface area contributed by atoms with Crippen LogP contribution in [-0.2, 0) is 11.3 Å². The Morgan fingerprint density at radius 2 is 2.00 bits per heavy atom. The third-order valence-corrected chi connectivity index (χ3v) is 4.04. The minimum absolute atomic E-state index is 0.156. The summed E-state index contributed by atoms with van der Waals surface area (Å²) < 4.78 is 0. The zero-order valence-corrected chi connectivity index (χ0v) is 12.9. The highest BCUT2D eigenvalue weighted by atomic mass is 35.5. The number of anilines is 1. The Balaban J connectivity index is 2.00. The topological polar surface area (TPSA) is 35.6 Å². The van der Waals surface area contributed by atoms with Crippen LogP contribution >= 0.6 is 11.6 Å². The molecule has 0 aromatic heterocycles. The Hall–Kier alpha value is -1.26. The van der Waals surface area contributed by atoms with Gasteiger partial charge in [0.1, 0.15) is 0 Å². The second kappa shape index (κ2) is 6.95. The molecule has 0 radical (unpaired) electrons. The lowest BCUT2D eigenvalue weighted by atomic mass is 10.1. The van der Waals surface area contributed by atoms with E-state index in [1.807, 2.05) is 11.0 Å². The average molecular weight is 296 g/mol. The van der Waals surface area contributed by atoms with Crippen LogP contribution in [0.15, 0.2) is 18.2 Å². The van der Waals surface area contributed by atoms with Gasteiger partial charge in [-0.25, -0.2) is 0 Å². The smallest absolute Gasteiger partial charge is 0.219 e. The van der Waals surface area contributed by atoms with E-state index in [4.69, 9.17) is 11.6 Å². The quantitative estimate of drug-likeness (QED) is 0.924. The number of benzene rings is 1. The molecular weight excluding hydrogens is 274 g/mol. The predicted octanol–water partition coefficient (Wildman–Crippen LogP) is 2.12. The van der Waals surface area contributed by atoms with Crippen LogP contribution in [0, 0.1) is 0 Å². The number of hydrogen-bond acceptors (Lipinski definition) is 3. The summed E-state index contributed by atoms with van der Waals surface area (Å²) >= 11 is 6.33. The van der Waals surface area contributed by atoms with E-state index in [0.29, 0.717) is 0 Å². The fourth-order valence-corrected chi connectivity index (χ4v) is 2.66. The van der Waals surface area contributed by atoms with Crippen molar-refractivity contribution in [2.75, 3.05) is 37.6 Å². The first-order valence-corrected chi connectivity index (χ1v) is 7.49. The lowest BCUT2D eigenvalue weighted by Crippen LogP contribution is -2.48. The fraction of sp³-hybridized carbons (Fsp3) is 0.533. The minimum atomic E-state index is 0.156. The van der Waals surface area contributed by atoms with E-state index in [1.165, 1.54) is 0 Å². The fourth-order valence-electron chi connectivity index (χ4n) is 2.42. The molecule has 0 spiro atoms. The van der Waals surface area contributed by atoms with E-state index in [2.05, 4.69) is 29.3 Å². The van der Waals surface area contributed by atoms with Gasteiger partial charge in [-0.1, -0.05) is 24.6 Å². The molecule has 0 bridgehead atoms. The van der Waals surface area contributed by atoms with Crippen molar-refractivity contribution in [2.45, 2.75) is 20.4 Å². The number of piperazine rings is 1. The molecule has 1 fully saturated rings. The largest absolute Gasteiger partial charge is 0.368 e. The van der Waals surface area contributed by atoms with Crippen LogP contribution in [0.2, 0.25) is 5.02 Å². The predicted molar refractivity (Wildman–Crippen MR) is 83.3 cm³/mol. The Morgan fingerprint density at radius 3 is 2.55 bits per heavy atom. The molecule has 1 aliphatic rings. The van der Waals surface area contributed by atoms with Gasteiger partial charge < -0.3 is 15.1 Å². The van der Waals surface area contributed by atoms with Gasteiger partial charge in [0.05, 0.1) is 0 Å². The van der Waals surface area contributed by atoms with Crippen LogP contribution in [0.3, 0.4) is 0 Å². The third-order valence-electron chi connectivity index (χ3n) is 3.69. The van der Waals surface area contributed by atoms with Crippen molar-refractivity contribution in [1.82, 2.24) is 10.2 Å². The summed E-state index contributed by atoms with van der Waals surface area (Å²) in [6.45, 7) is 8.74. The summed E-state index contributed by atoms with van der Waals surface area (Å²) in [7, 11) is 0. The molecule has 0 saturated carbocycles. The van der Waals surface area contributed by atoms with Crippen LogP contribution in [-0.4, -0.2) is 43.5 Å². The van der Waals surface area contributed by atoms with Gasteiger partial charge in [0.15, 0.2) is 0 Å². The molecule has 1 saturated heterocycles. The number of halogens is 1. The van der Waals surface area contributed by atoms with Crippen molar-refractivity contribution in [3.63, 3.8) is 0 Å². The first kappa shape index (κ1) is 15.1. The van der Waals surface area contributed by atoms with Crippen molar-refractivity contribution in [3.8, 4) is 0 Å². The number of rotatable bonds is 4. The summed E-state index contributed by atoms with van der Waals surface area (Å²) in [6, 6.07) is 6.22. The molecular formula is C15H22ClN3O. The van der Waals surface area contributed by atoms with Gasteiger partial charge in [-0.3, -0.25) is 4.79 Å². The SMILES string of the molecule is CCNCc1ccc(N2CCN(C(C)=O)CC2)cc1Cl. The van der Waals surface area contributed by atoms with Crippen LogP contribution < -0.4 is 10.2 Å². The Morgan fingerprint density at radius 1 is 1.30 bits per heavy atom. The van der Waals surface area contributed by atoms with E-state index >= 15 is 0 Å². The van der Waals surface area contributed by atoms with Gasteiger partial charge in [0.25, 0.3) is 0 Å². The van der Waals surface area contributed by atoms with Crippen molar-refractivity contribution < 1.29 is 4.79 Å². The highest BCUT2D eigenvalue weighted by Gasteiger charge is 2.19. The Bertz CT molecular complexity index is 470. The zero-order valence-electron chi connectivity index (χ0n) is 12.2. The van der Waals surface area contributed by atoms with Crippen LogP contribution in [0.25, 0.3) is 0 Å². The van der Waals surface area contributed by atoms with Gasteiger partial charge >= 0.3 is 0 Å². The molecule has 20 heavy (non-hydrogen) atoms. The molecule has 110 valence electrons. The molecule has 0 aliphatic carbocycles. The second-order valence-corrected chi connectivity index (χ2v) is 5.46. The van der Waals surface area contributed by atoms with Gasteiger partial charge in [-0.15, -0.1) is 0 Å². The minimum Gasteiger partial charge on any atom is -0.368 e. The van der Waals surface area contributed by atoms with Crippen molar-refractivity contribution in [1.29, 1.82) is 0 Å². The molecule has 1 aromatic rings. The maximum atomic E-state index is 11.3. The van der Waals surface area contributed by atoms with E-state index < -0.39 is 0 Å². The Kier molecular flexibility index (Phi) is 5.26. The summed E-state index contributed by atoms with van der Waals surface area (Å²) in [5.41, 5.74) is 2.26. The summed E-state index contributed by atoms with van der Waals surface area (Å²) in [6.07, 6.45) is 0. The maximum Gasteiger partial charge on any atom is 0.219 e. The van der Waals surface area contributed by atoms with E-state index in [-0.39, 0.29) is 5.91 Å². The van der Waals surface area contributed by atoms with Crippen LogP contribution in [0.4, 0.5) is 5.69 Å². The number of nitrogens with one attached hydrogen (secondary N) is 1. The molecule has 4 nitrogen and oxygen atoms in total. The van der Waals surface area contributed by atoms with Crippen molar-refractivity contribution in [3.05, 3.63) is 28.8 Å². The Labute approximate surface area is 125 Å². The zero-order chi connectivity index (χ0) is 14.5. The highest BCUT2D eigenvalue weighted by molar-refractivity contribution is 6.31. The van der Waals surface area contributed by atoms with E-state index in [9.17, 15) is 4.79 Å². The number of carbonyl (C=O) groups excluding carboxylic acids is 1. The standard InChI is InChI=1S/C15H22ClN3O/c1-3-17-11-13-4-5-14(10-15(13)16)19-8-6-18(7-9-19)12(2)20/h4-5,10,17H,3,6-9,11H2,1-2H3. The summed E-state index contributed by atoms with van der Waals surface area (Å²) in [5.74, 6) is 0.156. The van der Waals surface area contributed by atoms with Crippen molar-refractivity contribution in [2.24, 2.45) is 0 Å². The summed E-state index contributed by atoms with van der Waals surface area (Å²) in [5, 5.41) is 4.08. The molecule has 1 N–H and O–H groups in total. The molecule has 1 aliphatic heterocycles. The van der Waals surface area contributed by atoms with Gasteiger partial charge in [-0.2, -0.15) is 0 Å². The number of carbonyl (C=O) groups is 1. The molecule has 1 heterocycles. The van der Waals surface area contributed by atoms with E-state index in [0.717, 1.165) is 55.5 Å². The first-order valence-electron chi connectivity index (χ1n) is 7.11. The molecule has 0 atom stereocenters. The number of hydrogen-bond donors (Lipinski definition) is 1. The lowest BCUT2D eigenvalue weighted by Gasteiger charge is -2.35. The normalized spacial score (nSPS) is 15.6.